The van der Waals surface area contributed by atoms with Crippen LogP contribution in [0.5, 0.6) is 0 Å². The van der Waals surface area contributed by atoms with Crippen LogP contribution in [0.3, 0.4) is 0 Å². The summed E-state index contributed by atoms with van der Waals surface area (Å²) in [5.41, 5.74) is 2.11. The van der Waals surface area contributed by atoms with Crippen LogP contribution in [-0.4, -0.2) is 22.5 Å². The van der Waals surface area contributed by atoms with Gasteiger partial charge in [-0.25, -0.2) is 14.8 Å². The molecule has 0 aromatic carbocycles. The summed E-state index contributed by atoms with van der Waals surface area (Å²) < 4.78 is 0. The number of anilines is 1. The van der Waals surface area contributed by atoms with Gasteiger partial charge >= 0.3 is 6.03 Å². The molecule has 1 aliphatic rings. The molecular formula is C12H14N4OS2. The van der Waals surface area contributed by atoms with Crippen molar-refractivity contribution in [1.29, 1.82) is 0 Å². The number of rotatable bonds is 2. The first-order chi connectivity index (χ1) is 9.17. The minimum absolute atomic E-state index is 0.205. The average molecular weight is 294 g/mol. The molecule has 1 aliphatic carbocycles. The fraction of sp³-hybridized carbons (Fsp3) is 0.417. The number of urea groups is 1. The van der Waals surface area contributed by atoms with E-state index in [0.717, 1.165) is 34.1 Å². The molecule has 0 radical (unpaired) electrons. The molecule has 0 atom stereocenters. The third-order valence-electron chi connectivity index (χ3n) is 2.86. The number of amides is 2. The molecule has 100 valence electrons. The molecule has 0 bridgehead atoms. The molecule has 0 saturated heterocycles. The zero-order valence-electron chi connectivity index (χ0n) is 10.7. The van der Waals surface area contributed by atoms with Crippen LogP contribution in [0.4, 0.5) is 9.93 Å². The number of hydrogen-bond donors (Lipinski definition) is 2. The van der Waals surface area contributed by atoms with Crippen molar-refractivity contribution in [1.82, 2.24) is 15.3 Å². The summed E-state index contributed by atoms with van der Waals surface area (Å²) >= 11 is 3.26. The minimum atomic E-state index is -0.205. The van der Waals surface area contributed by atoms with Crippen LogP contribution in [-0.2, 0) is 12.8 Å². The van der Waals surface area contributed by atoms with Crippen molar-refractivity contribution in [3.05, 3.63) is 15.6 Å². The number of hydrogen-bond acceptors (Lipinski definition) is 5. The number of nitrogens with zero attached hydrogens (tertiary/aromatic N) is 2. The monoisotopic (exact) mass is 294 g/mol. The van der Waals surface area contributed by atoms with Crippen molar-refractivity contribution in [2.75, 3.05) is 11.9 Å². The van der Waals surface area contributed by atoms with Crippen LogP contribution in [0.15, 0.2) is 0 Å². The van der Waals surface area contributed by atoms with Crippen molar-refractivity contribution in [2.24, 2.45) is 0 Å². The zero-order chi connectivity index (χ0) is 13.4. The molecule has 2 N–H and O–H groups in total. The van der Waals surface area contributed by atoms with Gasteiger partial charge in [0.2, 0.25) is 0 Å². The smallest absolute Gasteiger partial charge is 0.321 e. The molecule has 7 heteroatoms. The third kappa shape index (κ3) is 2.35. The summed E-state index contributed by atoms with van der Waals surface area (Å²) in [6, 6.07) is -0.205. The maximum absolute atomic E-state index is 11.5. The topological polar surface area (TPSA) is 66.9 Å². The number of aryl methyl sites for hydroxylation is 3. The summed E-state index contributed by atoms with van der Waals surface area (Å²) in [7, 11) is 0. The quantitative estimate of drug-likeness (QED) is 0.895. The molecule has 0 aliphatic heterocycles. The van der Waals surface area contributed by atoms with Crippen molar-refractivity contribution in [3.8, 4) is 10.6 Å². The predicted octanol–water partition coefficient (Wildman–Crippen LogP) is 2.82. The standard InChI is InChI=1S/C12H14N4OS2/c1-3-13-11(17)16-12-15-7-4-5-8-9(10(7)19-12)14-6(2)18-8/h3-5H2,1-2H3,(H2,13,15,16,17). The highest BCUT2D eigenvalue weighted by Crippen LogP contribution is 2.41. The van der Waals surface area contributed by atoms with E-state index in [1.807, 2.05) is 13.8 Å². The van der Waals surface area contributed by atoms with E-state index in [-0.39, 0.29) is 6.03 Å². The molecule has 0 unspecified atom stereocenters. The molecule has 0 saturated carbocycles. The van der Waals surface area contributed by atoms with Gasteiger partial charge in [0.25, 0.3) is 0 Å². The van der Waals surface area contributed by atoms with Gasteiger partial charge in [0.1, 0.15) is 0 Å². The maximum atomic E-state index is 11.5. The van der Waals surface area contributed by atoms with Crippen molar-refractivity contribution in [3.63, 3.8) is 0 Å². The lowest BCUT2D eigenvalue weighted by molar-refractivity contribution is 0.252. The van der Waals surface area contributed by atoms with Gasteiger partial charge in [0.05, 0.1) is 21.3 Å². The number of nitrogens with one attached hydrogen (secondary N) is 2. The first-order valence-electron chi connectivity index (χ1n) is 6.18. The first kappa shape index (κ1) is 12.6. The molecular weight excluding hydrogens is 280 g/mol. The molecule has 2 aromatic rings. The van der Waals surface area contributed by atoms with E-state index in [0.29, 0.717) is 11.7 Å². The number of carbonyl (C=O) groups is 1. The normalized spacial score (nSPS) is 12.7. The summed E-state index contributed by atoms with van der Waals surface area (Å²) in [6.07, 6.45) is 1.93. The van der Waals surface area contributed by atoms with Gasteiger partial charge in [0.15, 0.2) is 5.13 Å². The summed E-state index contributed by atoms with van der Waals surface area (Å²) in [6.45, 7) is 4.51. The molecule has 0 spiro atoms. The fourth-order valence-electron chi connectivity index (χ4n) is 2.11. The Morgan fingerprint density at radius 2 is 2.16 bits per heavy atom. The van der Waals surface area contributed by atoms with E-state index in [1.165, 1.54) is 16.2 Å². The first-order valence-corrected chi connectivity index (χ1v) is 7.82. The maximum Gasteiger partial charge on any atom is 0.321 e. The SMILES string of the molecule is CCNC(=O)Nc1nc2c(s1)-c1nc(C)sc1CC2. The number of fused-ring (bicyclic) bond motifs is 3. The third-order valence-corrected chi connectivity index (χ3v) is 4.91. The zero-order valence-corrected chi connectivity index (χ0v) is 12.4. The van der Waals surface area contributed by atoms with Gasteiger partial charge < -0.3 is 5.32 Å². The number of thiazole rings is 2. The van der Waals surface area contributed by atoms with Crippen molar-refractivity contribution < 1.29 is 4.79 Å². The molecule has 5 nitrogen and oxygen atoms in total. The Hall–Kier alpha value is -1.47. The highest BCUT2D eigenvalue weighted by Gasteiger charge is 2.24. The summed E-state index contributed by atoms with van der Waals surface area (Å²) in [5.74, 6) is 0. The van der Waals surface area contributed by atoms with E-state index >= 15 is 0 Å². The summed E-state index contributed by atoms with van der Waals surface area (Å²) in [5, 5.41) is 7.21. The van der Waals surface area contributed by atoms with Crippen LogP contribution in [0.25, 0.3) is 10.6 Å². The highest BCUT2D eigenvalue weighted by atomic mass is 32.1. The lowest BCUT2D eigenvalue weighted by Crippen LogP contribution is -2.28. The molecule has 0 fully saturated rings. The summed E-state index contributed by atoms with van der Waals surface area (Å²) in [4.78, 5) is 23.0. The Kier molecular flexibility index (Phi) is 3.24. The lowest BCUT2D eigenvalue weighted by Gasteiger charge is -2.07. The van der Waals surface area contributed by atoms with Crippen LogP contribution in [0.2, 0.25) is 0 Å². The Morgan fingerprint density at radius 3 is 2.95 bits per heavy atom. The van der Waals surface area contributed by atoms with Crippen LogP contribution >= 0.6 is 22.7 Å². The van der Waals surface area contributed by atoms with E-state index in [4.69, 9.17) is 0 Å². The second-order valence-corrected chi connectivity index (χ2v) is 6.57. The van der Waals surface area contributed by atoms with Crippen molar-refractivity contribution in [2.45, 2.75) is 26.7 Å². The number of carbonyl (C=O) groups excluding carboxylic acids is 1. The van der Waals surface area contributed by atoms with Crippen LogP contribution < -0.4 is 10.6 Å². The second kappa shape index (κ2) is 4.90. The van der Waals surface area contributed by atoms with Crippen molar-refractivity contribution >= 4 is 33.8 Å². The van der Waals surface area contributed by atoms with Gasteiger partial charge in [-0.3, -0.25) is 5.32 Å². The highest BCUT2D eigenvalue weighted by molar-refractivity contribution is 7.19. The fourth-order valence-corrected chi connectivity index (χ4v) is 4.14. The Balaban J connectivity index is 1.90. The minimum Gasteiger partial charge on any atom is -0.338 e. The Labute approximate surface area is 119 Å². The van der Waals surface area contributed by atoms with E-state index < -0.39 is 0 Å². The average Bonchev–Trinajstić information content (AvgIpc) is 2.90. The van der Waals surface area contributed by atoms with Gasteiger partial charge in [-0.2, -0.15) is 0 Å². The largest absolute Gasteiger partial charge is 0.338 e. The van der Waals surface area contributed by atoms with Crippen LogP contribution in [0, 0.1) is 6.92 Å². The van der Waals surface area contributed by atoms with E-state index in [1.54, 1.807) is 11.3 Å². The van der Waals surface area contributed by atoms with E-state index in [9.17, 15) is 4.79 Å². The molecule has 2 aromatic heterocycles. The second-order valence-electron chi connectivity index (χ2n) is 4.28. The van der Waals surface area contributed by atoms with Gasteiger partial charge in [-0.1, -0.05) is 11.3 Å². The van der Waals surface area contributed by atoms with Gasteiger partial charge in [-0.15, -0.1) is 11.3 Å². The van der Waals surface area contributed by atoms with Gasteiger partial charge in [0, 0.05) is 11.4 Å². The van der Waals surface area contributed by atoms with E-state index in [2.05, 4.69) is 20.6 Å². The molecule has 2 heterocycles. The lowest BCUT2D eigenvalue weighted by atomic mass is 10.1. The van der Waals surface area contributed by atoms with Gasteiger partial charge in [-0.05, 0) is 26.7 Å². The Bertz CT molecular complexity index is 632. The number of aromatic nitrogens is 2. The Morgan fingerprint density at radius 1 is 1.32 bits per heavy atom. The predicted molar refractivity (Wildman–Crippen MR) is 78.1 cm³/mol. The molecule has 19 heavy (non-hydrogen) atoms. The molecule has 2 amide bonds. The van der Waals surface area contributed by atoms with Crippen LogP contribution in [0.1, 0.15) is 22.5 Å². The molecule has 3 rings (SSSR count).